The number of nitrogens with zero attached hydrogens (tertiary/aromatic N) is 3. The van der Waals surface area contributed by atoms with Gasteiger partial charge in [-0.05, 0) is 48.9 Å². The Morgan fingerprint density at radius 2 is 1.97 bits per heavy atom. The molecule has 3 N–H and O–H groups in total. The molecule has 4 heterocycles. The number of ether oxygens (including phenoxy) is 2. The number of aromatic amines is 1. The molecule has 6 rings (SSSR count). The number of hydrogen-bond acceptors (Lipinski definition) is 8. The maximum Gasteiger partial charge on any atom is 0.250 e. The van der Waals surface area contributed by atoms with E-state index in [4.69, 9.17) is 9.47 Å². The Hall–Kier alpha value is -4.21. The van der Waals surface area contributed by atoms with Gasteiger partial charge in [0.15, 0.2) is 5.82 Å². The van der Waals surface area contributed by atoms with Crippen LogP contribution in [0.3, 0.4) is 0 Å². The van der Waals surface area contributed by atoms with Gasteiger partial charge < -0.3 is 29.8 Å². The summed E-state index contributed by atoms with van der Waals surface area (Å²) in [6, 6.07) is 16.9. The van der Waals surface area contributed by atoms with Crippen LogP contribution in [0.5, 0.6) is 11.5 Å². The van der Waals surface area contributed by atoms with Crippen LogP contribution >= 0.6 is 0 Å². The van der Waals surface area contributed by atoms with Crippen molar-refractivity contribution in [2.45, 2.75) is 19.4 Å². The summed E-state index contributed by atoms with van der Waals surface area (Å²) < 4.78 is 11.9. The summed E-state index contributed by atoms with van der Waals surface area (Å²) >= 11 is 0. The molecular weight excluding hydrogens is 482 g/mol. The predicted molar refractivity (Wildman–Crippen MR) is 145 cm³/mol. The van der Waals surface area contributed by atoms with Crippen LogP contribution in [-0.2, 0) is 11.2 Å². The standard InChI is InChI=1S/C29H29N5O4/c1-18-7-8-30-29(31-18)25(17-35)32-21-5-6-26-20(14-21)13-19-3-2-4-23(28(19)38-26)24-15-22(16-27(36)33-24)34-9-11-37-12-10-34/h2-8,14-16,25,32,35H,9-13,17H2,1H3,(H,33,36). The number of benzene rings is 2. The van der Waals surface area contributed by atoms with Crippen LogP contribution in [-0.4, -0.2) is 53.0 Å². The number of rotatable bonds is 6. The first kappa shape index (κ1) is 24.1. The van der Waals surface area contributed by atoms with Gasteiger partial charge in [-0.25, -0.2) is 9.97 Å². The highest BCUT2D eigenvalue weighted by atomic mass is 16.5. The molecule has 0 bridgehead atoms. The van der Waals surface area contributed by atoms with Crippen molar-refractivity contribution in [2.24, 2.45) is 0 Å². The molecule has 9 heteroatoms. The molecule has 1 unspecified atom stereocenters. The van der Waals surface area contributed by atoms with E-state index in [0.717, 1.165) is 64.0 Å². The fourth-order valence-corrected chi connectivity index (χ4v) is 4.99. The quantitative estimate of drug-likeness (QED) is 0.315. The Kier molecular flexibility index (Phi) is 6.53. The Labute approximate surface area is 220 Å². The van der Waals surface area contributed by atoms with Crippen LogP contribution in [0.25, 0.3) is 11.3 Å². The summed E-state index contributed by atoms with van der Waals surface area (Å²) in [4.78, 5) is 26.5. The van der Waals surface area contributed by atoms with Crippen molar-refractivity contribution in [1.82, 2.24) is 15.0 Å². The zero-order chi connectivity index (χ0) is 26.1. The normalized spacial score (nSPS) is 15.3. The summed E-state index contributed by atoms with van der Waals surface area (Å²) in [5.41, 5.74) is 6.05. The topological polar surface area (TPSA) is 113 Å². The largest absolute Gasteiger partial charge is 0.456 e. The molecule has 2 aliphatic rings. The monoisotopic (exact) mass is 511 g/mol. The van der Waals surface area contributed by atoms with Crippen molar-refractivity contribution in [1.29, 1.82) is 0 Å². The number of aryl methyl sites for hydroxylation is 1. The highest BCUT2D eigenvalue weighted by molar-refractivity contribution is 5.74. The van der Waals surface area contributed by atoms with E-state index in [1.165, 1.54) is 0 Å². The summed E-state index contributed by atoms with van der Waals surface area (Å²) in [5, 5.41) is 13.3. The van der Waals surface area contributed by atoms with E-state index < -0.39 is 6.04 Å². The second kappa shape index (κ2) is 10.3. The van der Waals surface area contributed by atoms with E-state index in [1.807, 2.05) is 55.5 Å². The third-order valence-corrected chi connectivity index (χ3v) is 6.89. The molecule has 1 saturated heterocycles. The van der Waals surface area contributed by atoms with Gasteiger partial charge in [0.05, 0.1) is 25.5 Å². The fourth-order valence-electron chi connectivity index (χ4n) is 4.99. The number of nitrogens with one attached hydrogen (secondary N) is 2. The van der Waals surface area contributed by atoms with Crippen LogP contribution in [0, 0.1) is 6.92 Å². The first-order valence-electron chi connectivity index (χ1n) is 12.7. The molecule has 0 amide bonds. The minimum absolute atomic E-state index is 0.134. The lowest BCUT2D eigenvalue weighted by atomic mass is 9.96. The number of aliphatic hydroxyl groups excluding tert-OH is 1. The molecule has 9 nitrogen and oxygen atoms in total. The second-order valence-corrected chi connectivity index (χ2v) is 9.55. The summed E-state index contributed by atoms with van der Waals surface area (Å²) in [5.74, 6) is 2.05. The number of morpholine rings is 1. The molecule has 2 aromatic carbocycles. The summed E-state index contributed by atoms with van der Waals surface area (Å²) in [7, 11) is 0. The molecule has 2 aromatic heterocycles. The Morgan fingerprint density at radius 1 is 1.11 bits per heavy atom. The zero-order valence-electron chi connectivity index (χ0n) is 21.1. The van der Waals surface area contributed by atoms with Gasteiger partial charge in [-0.1, -0.05) is 12.1 Å². The molecule has 0 radical (unpaired) electrons. The molecule has 4 aromatic rings. The van der Waals surface area contributed by atoms with Crippen LogP contribution in [0.15, 0.2) is 65.6 Å². The average Bonchev–Trinajstić information content (AvgIpc) is 2.94. The van der Waals surface area contributed by atoms with E-state index in [0.29, 0.717) is 25.5 Å². The number of anilines is 2. The molecule has 1 fully saturated rings. The lowest BCUT2D eigenvalue weighted by molar-refractivity contribution is 0.122. The Bertz CT molecular complexity index is 1530. The predicted octanol–water partition coefficient (Wildman–Crippen LogP) is 3.82. The third kappa shape index (κ3) is 4.85. The van der Waals surface area contributed by atoms with E-state index >= 15 is 0 Å². The van der Waals surface area contributed by atoms with E-state index in [9.17, 15) is 9.90 Å². The van der Waals surface area contributed by atoms with Crippen molar-refractivity contribution in [3.05, 3.63) is 93.8 Å². The minimum atomic E-state index is -0.424. The van der Waals surface area contributed by atoms with Gasteiger partial charge in [-0.15, -0.1) is 0 Å². The first-order chi connectivity index (χ1) is 18.6. The molecule has 0 aliphatic carbocycles. The van der Waals surface area contributed by atoms with Crippen molar-refractivity contribution < 1.29 is 14.6 Å². The van der Waals surface area contributed by atoms with E-state index in [-0.39, 0.29) is 12.2 Å². The van der Waals surface area contributed by atoms with Crippen molar-refractivity contribution >= 4 is 11.4 Å². The lowest BCUT2D eigenvalue weighted by Gasteiger charge is -2.29. The number of pyridine rings is 1. The van der Waals surface area contributed by atoms with Gasteiger partial charge in [0.1, 0.15) is 17.5 Å². The van der Waals surface area contributed by atoms with Gasteiger partial charge in [-0.2, -0.15) is 0 Å². The fraction of sp³-hybridized carbons (Fsp3) is 0.276. The van der Waals surface area contributed by atoms with Crippen LogP contribution in [0.2, 0.25) is 0 Å². The average molecular weight is 512 g/mol. The van der Waals surface area contributed by atoms with Crippen molar-refractivity contribution in [3.63, 3.8) is 0 Å². The summed E-state index contributed by atoms with van der Waals surface area (Å²) in [6.45, 7) is 4.57. The summed E-state index contributed by atoms with van der Waals surface area (Å²) in [6.07, 6.45) is 2.37. The molecule has 38 heavy (non-hydrogen) atoms. The minimum Gasteiger partial charge on any atom is -0.456 e. The van der Waals surface area contributed by atoms with Gasteiger partial charge in [0.25, 0.3) is 0 Å². The maximum absolute atomic E-state index is 12.6. The van der Waals surface area contributed by atoms with Gasteiger partial charge in [0, 0.05) is 60.0 Å². The molecule has 0 spiro atoms. The Morgan fingerprint density at radius 3 is 2.79 bits per heavy atom. The van der Waals surface area contributed by atoms with Crippen molar-refractivity contribution in [2.75, 3.05) is 43.1 Å². The maximum atomic E-state index is 12.6. The number of fused-ring (bicyclic) bond motifs is 2. The lowest BCUT2D eigenvalue weighted by Crippen LogP contribution is -2.36. The molecule has 1 atom stereocenters. The highest BCUT2D eigenvalue weighted by Crippen LogP contribution is 2.43. The highest BCUT2D eigenvalue weighted by Gasteiger charge is 2.23. The van der Waals surface area contributed by atoms with E-state index in [2.05, 4.69) is 25.2 Å². The SMILES string of the molecule is Cc1ccnc(C(CO)Nc2ccc3c(c2)Cc2cccc(-c4cc(N5CCOCC5)cc(=O)[nH]4)c2O3)n1. The van der Waals surface area contributed by atoms with Gasteiger partial charge in [-0.3, -0.25) is 4.79 Å². The molecular formula is C29H29N5O4. The molecule has 0 saturated carbocycles. The second-order valence-electron chi connectivity index (χ2n) is 9.55. The number of H-pyrrole nitrogens is 1. The number of aromatic nitrogens is 3. The molecule has 2 aliphatic heterocycles. The third-order valence-electron chi connectivity index (χ3n) is 6.89. The van der Waals surface area contributed by atoms with Crippen LogP contribution in [0.1, 0.15) is 28.7 Å². The van der Waals surface area contributed by atoms with Crippen LogP contribution < -0.4 is 20.5 Å². The zero-order valence-corrected chi connectivity index (χ0v) is 21.1. The first-order valence-corrected chi connectivity index (χ1v) is 12.7. The van der Waals surface area contributed by atoms with Gasteiger partial charge in [0.2, 0.25) is 5.56 Å². The van der Waals surface area contributed by atoms with Crippen LogP contribution in [0.4, 0.5) is 11.4 Å². The van der Waals surface area contributed by atoms with E-state index in [1.54, 1.807) is 12.3 Å². The van der Waals surface area contributed by atoms with Crippen molar-refractivity contribution in [3.8, 4) is 22.8 Å². The van der Waals surface area contributed by atoms with Gasteiger partial charge >= 0.3 is 0 Å². The molecule has 194 valence electrons. The number of para-hydroxylation sites is 1. The number of aliphatic hydroxyl groups is 1. The number of hydrogen-bond donors (Lipinski definition) is 3. The Balaban J connectivity index is 1.28. The smallest absolute Gasteiger partial charge is 0.250 e.